The lowest BCUT2D eigenvalue weighted by molar-refractivity contribution is 0.0601. The zero-order valence-electron chi connectivity index (χ0n) is 14.9. The van der Waals surface area contributed by atoms with Gasteiger partial charge in [0.1, 0.15) is 0 Å². The van der Waals surface area contributed by atoms with Crippen LogP contribution in [-0.4, -0.2) is 40.8 Å². The smallest absolute Gasteiger partial charge is 0.337 e. The molecule has 1 aliphatic rings. The van der Waals surface area contributed by atoms with Gasteiger partial charge in [0.15, 0.2) is 5.82 Å². The highest BCUT2D eigenvalue weighted by Gasteiger charge is 2.23. The molecule has 26 heavy (non-hydrogen) atoms. The number of piperidine rings is 1. The first-order valence-electron chi connectivity index (χ1n) is 8.73. The van der Waals surface area contributed by atoms with Gasteiger partial charge < -0.3 is 15.0 Å². The predicted molar refractivity (Wildman–Crippen MR) is 101 cm³/mol. The average molecular weight is 376 g/mol. The summed E-state index contributed by atoms with van der Waals surface area (Å²) < 4.78 is 4.75. The molecule has 1 aromatic heterocycles. The number of nitrogens with one attached hydrogen (secondary N) is 1. The molecule has 1 aliphatic heterocycles. The van der Waals surface area contributed by atoms with Crippen LogP contribution >= 0.6 is 11.6 Å². The highest BCUT2D eigenvalue weighted by Crippen LogP contribution is 2.28. The Hall–Kier alpha value is -2.41. The lowest BCUT2D eigenvalue weighted by atomic mass is 10.0. The van der Waals surface area contributed by atoms with E-state index in [9.17, 15) is 4.79 Å². The summed E-state index contributed by atoms with van der Waals surface area (Å²) in [5.41, 5.74) is 0.968. The van der Waals surface area contributed by atoms with Crippen molar-refractivity contribution in [2.45, 2.75) is 38.6 Å². The van der Waals surface area contributed by atoms with Crippen LogP contribution in [-0.2, 0) is 4.74 Å². The van der Waals surface area contributed by atoms with Crippen LogP contribution in [0.1, 0.15) is 43.0 Å². The van der Waals surface area contributed by atoms with Gasteiger partial charge in [0.25, 0.3) is 0 Å². The first kappa shape index (κ1) is 18.4. The number of benzene rings is 1. The number of esters is 1. The molecule has 1 fully saturated rings. The number of halogens is 1. The molecule has 7 nitrogen and oxygen atoms in total. The summed E-state index contributed by atoms with van der Waals surface area (Å²) in [5.74, 6) is 0.714. The van der Waals surface area contributed by atoms with Crippen LogP contribution in [0.5, 0.6) is 0 Å². The standard InChI is InChI=1S/C18H22ClN5O2/c1-3-13-6-4-5-9-24(13)18-22-16(11-20-23-18)21-15-10-12(17(25)26-2)7-8-14(15)19/h7-8,10-11,13H,3-6,9H2,1-2H3,(H,21,22,23). The van der Waals surface area contributed by atoms with Gasteiger partial charge in [0, 0.05) is 12.6 Å². The second-order valence-corrected chi connectivity index (χ2v) is 6.61. The molecule has 8 heteroatoms. The largest absolute Gasteiger partial charge is 0.465 e. The first-order chi connectivity index (χ1) is 12.6. The summed E-state index contributed by atoms with van der Waals surface area (Å²) >= 11 is 6.24. The maximum Gasteiger partial charge on any atom is 0.337 e. The molecule has 0 radical (unpaired) electrons. The van der Waals surface area contributed by atoms with Gasteiger partial charge >= 0.3 is 5.97 Å². The van der Waals surface area contributed by atoms with Crippen LogP contribution in [0, 0.1) is 0 Å². The Balaban J connectivity index is 1.84. The van der Waals surface area contributed by atoms with Gasteiger partial charge in [0.2, 0.25) is 5.95 Å². The van der Waals surface area contributed by atoms with Gasteiger partial charge in [-0.25, -0.2) is 4.79 Å². The van der Waals surface area contributed by atoms with E-state index in [-0.39, 0.29) is 0 Å². The molecule has 0 saturated carbocycles. The summed E-state index contributed by atoms with van der Waals surface area (Å²) in [4.78, 5) is 18.5. The lowest BCUT2D eigenvalue weighted by Gasteiger charge is -2.34. The molecule has 0 amide bonds. The fourth-order valence-corrected chi connectivity index (χ4v) is 3.33. The van der Waals surface area contributed by atoms with Crippen molar-refractivity contribution in [1.29, 1.82) is 0 Å². The summed E-state index contributed by atoms with van der Waals surface area (Å²) in [7, 11) is 1.34. The number of hydrogen-bond acceptors (Lipinski definition) is 7. The van der Waals surface area contributed by atoms with E-state index in [0.29, 0.717) is 34.1 Å². The van der Waals surface area contributed by atoms with Crippen molar-refractivity contribution in [1.82, 2.24) is 15.2 Å². The number of anilines is 3. The second kappa shape index (κ2) is 8.31. The van der Waals surface area contributed by atoms with E-state index in [2.05, 4.69) is 32.3 Å². The number of hydrogen-bond donors (Lipinski definition) is 1. The molecule has 1 aromatic carbocycles. The molecule has 3 rings (SSSR count). The van der Waals surface area contributed by atoms with Crippen molar-refractivity contribution < 1.29 is 9.53 Å². The molecular weight excluding hydrogens is 354 g/mol. The van der Waals surface area contributed by atoms with Crippen molar-refractivity contribution in [2.24, 2.45) is 0 Å². The Bertz CT molecular complexity index is 786. The summed E-state index contributed by atoms with van der Waals surface area (Å²) in [6, 6.07) is 5.32. The predicted octanol–water partition coefficient (Wildman–Crippen LogP) is 3.82. The molecule has 0 bridgehead atoms. The number of methoxy groups -OCH3 is 1. The highest BCUT2D eigenvalue weighted by molar-refractivity contribution is 6.33. The van der Waals surface area contributed by atoms with Gasteiger partial charge in [-0.1, -0.05) is 18.5 Å². The Morgan fingerprint density at radius 1 is 1.42 bits per heavy atom. The lowest BCUT2D eigenvalue weighted by Crippen LogP contribution is -2.40. The number of rotatable bonds is 5. The van der Waals surface area contributed by atoms with Crippen LogP contribution in [0.4, 0.5) is 17.5 Å². The minimum Gasteiger partial charge on any atom is -0.465 e. The van der Waals surface area contributed by atoms with Gasteiger partial charge in [-0.2, -0.15) is 10.1 Å². The number of carbonyl (C=O) groups excluding carboxylic acids is 1. The Morgan fingerprint density at radius 2 is 2.27 bits per heavy atom. The molecule has 0 spiro atoms. The number of ether oxygens (including phenoxy) is 1. The van der Waals surface area contributed by atoms with Crippen molar-refractivity contribution in [3.8, 4) is 0 Å². The van der Waals surface area contributed by atoms with E-state index in [0.717, 1.165) is 25.8 Å². The Kier molecular flexibility index (Phi) is 5.88. The molecule has 1 N–H and O–H groups in total. The van der Waals surface area contributed by atoms with E-state index in [1.165, 1.54) is 19.7 Å². The molecule has 1 saturated heterocycles. The van der Waals surface area contributed by atoms with E-state index in [1.807, 2.05) is 0 Å². The molecule has 2 heterocycles. The van der Waals surface area contributed by atoms with Gasteiger partial charge in [0.05, 0.1) is 29.6 Å². The zero-order chi connectivity index (χ0) is 18.5. The van der Waals surface area contributed by atoms with Crippen LogP contribution in [0.15, 0.2) is 24.4 Å². The molecule has 138 valence electrons. The van der Waals surface area contributed by atoms with Crippen LogP contribution in [0.3, 0.4) is 0 Å². The summed E-state index contributed by atoms with van der Waals surface area (Å²) in [5, 5.41) is 11.9. The average Bonchev–Trinajstić information content (AvgIpc) is 2.69. The number of carbonyl (C=O) groups is 1. The maximum absolute atomic E-state index is 11.7. The first-order valence-corrected chi connectivity index (χ1v) is 9.11. The number of nitrogens with zero attached hydrogens (tertiary/aromatic N) is 4. The number of aromatic nitrogens is 3. The van der Waals surface area contributed by atoms with Gasteiger partial charge in [-0.15, -0.1) is 5.10 Å². The molecule has 0 aliphatic carbocycles. The minimum absolute atomic E-state index is 0.406. The molecular formula is C18H22ClN5O2. The quantitative estimate of drug-likeness (QED) is 0.795. The fourth-order valence-electron chi connectivity index (χ4n) is 3.17. The van der Waals surface area contributed by atoms with E-state index in [4.69, 9.17) is 16.3 Å². The third kappa shape index (κ3) is 4.04. The topological polar surface area (TPSA) is 80.2 Å². The van der Waals surface area contributed by atoms with Crippen molar-refractivity contribution in [3.05, 3.63) is 35.0 Å². The SMILES string of the molecule is CCC1CCCCN1c1nncc(Nc2cc(C(=O)OC)ccc2Cl)n1. The Morgan fingerprint density at radius 3 is 3.04 bits per heavy atom. The fraction of sp³-hybridized carbons (Fsp3) is 0.444. The molecule has 1 atom stereocenters. The third-order valence-electron chi connectivity index (χ3n) is 4.55. The van der Waals surface area contributed by atoms with Crippen molar-refractivity contribution in [3.63, 3.8) is 0 Å². The monoisotopic (exact) mass is 375 g/mol. The van der Waals surface area contributed by atoms with Crippen LogP contribution in [0.25, 0.3) is 0 Å². The maximum atomic E-state index is 11.7. The second-order valence-electron chi connectivity index (χ2n) is 6.20. The van der Waals surface area contributed by atoms with Crippen molar-refractivity contribution in [2.75, 3.05) is 23.9 Å². The Labute approximate surface area is 157 Å². The van der Waals surface area contributed by atoms with Gasteiger partial charge in [-0.3, -0.25) is 0 Å². The molecule has 1 unspecified atom stereocenters. The highest BCUT2D eigenvalue weighted by atomic mass is 35.5. The van der Waals surface area contributed by atoms with E-state index in [1.54, 1.807) is 18.2 Å². The molecule has 2 aromatic rings. The summed E-state index contributed by atoms with van der Waals surface area (Å²) in [6.45, 7) is 3.11. The van der Waals surface area contributed by atoms with Crippen LogP contribution < -0.4 is 10.2 Å². The normalized spacial score (nSPS) is 17.0. The third-order valence-corrected chi connectivity index (χ3v) is 4.88. The zero-order valence-corrected chi connectivity index (χ0v) is 15.7. The minimum atomic E-state index is -0.426. The summed E-state index contributed by atoms with van der Waals surface area (Å²) in [6.07, 6.45) is 6.09. The van der Waals surface area contributed by atoms with Crippen LogP contribution in [0.2, 0.25) is 5.02 Å². The van der Waals surface area contributed by atoms with E-state index >= 15 is 0 Å². The van der Waals surface area contributed by atoms with Crippen molar-refractivity contribution >= 4 is 35.0 Å². The van der Waals surface area contributed by atoms with E-state index < -0.39 is 5.97 Å². The van der Waals surface area contributed by atoms with Gasteiger partial charge in [-0.05, 0) is 43.9 Å².